The fourth-order valence-corrected chi connectivity index (χ4v) is 6.83. The van der Waals surface area contributed by atoms with Crippen molar-refractivity contribution in [1.82, 2.24) is 4.90 Å². The van der Waals surface area contributed by atoms with E-state index >= 15 is 0 Å². The molecule has 4 atom stereocenters. The van der Waals surface area contributed by atoms with Gasteiger partial charge >= 0.3 is 0 Å². The van der Waals surface area contributed by atoms with Crippen molar-refractivity contribution in [3.05, 3.63) is 23.3 Å². The van der Waals surface area contributed by atoms with Gasteiger partial charge in [-0.2, -0.15) is 0 Å². The Morgan fingerprint density at radius 3 is 2.86 bits per heavy atom. The van der Waals surface area contributed by atoms with E-state index < -0.39 is 5.60 Å². The first-order valence-electron chi connectivity index (χ1n) is 11.0. The zero-order chi connectivity index (χ0) is 19.5. The maximum atomic E-state index is 12.1. The van der Waals surface area contributed by atoms with E-state index in [0.29, 0.717) is 0 Å². The fourth-order valence-electron chi connectivity index (χ4n) is 6.52. The van der Waals surface area contributed by atoms with Crippen LogP contribution in [0.3, 0.4) is 0 Å². The van der Waals surface area contributed by atoms with E-state index in [2.05, 4.69) is 30.9 Å². The number of nitrogens with zero attached hydrogens (tertiary/aromatic N) is 1. The highest BCUT2D eigenvalue weighted by Gasteiger charge is 2.68. The molecule has 0 radical (unpaired) electrons. The number of likely N-dealkylation sites (tertiary alicyclic amines) is 1. The zero-order valence-corrected chi connectivity index (χ0v) is 18.2. The van der Waals surface area contributed by atoms with Crippen LogP contribution in [0.25, 0.3) is 0 Å². The summed E-state index contributed by atoms with van der Waals surface area (Å²) >= 11 is 1.35. The van der Waals surface area contributed by atoms with Gasteiger partial charge in [0, 0.05) is 24.4 Å². The van der Waals surface area contributed by atoms with Crippen LogP contribution in [0.15, 0.2) is 12.1 Å². The van der Waals surface area contributed by atoms with E-state index in [0.717, 1.165) is 56.2 Å². The molecule has 1 spiro atoms. The van der Waals surface area contributed by atoms with Crippen LogP contribution in [0.2, 0.25) is 0 Å². The lowest BCUT2D eigenvalue weighted by atomic mass is 9.53. The Bertz CT molecular complexity index is 762. The molecule has 0 aromatic heterocycles. The van der Waals surface area contributed by atoms with Crippen LogP contribution < -0.4 is 8.92 Å². The summed E-state index contributed by atoms with van der Waals surface area (Å²) in [4.78, 5) is 2.60. The maximum absolute atomic E-state index is 12.1. The Morgan fingerprint density at radius 1 is 1.36 bits per heavy atom. The molecular formula is C23H33NO3S. The van der Waals surface area contributed by atoms with E-state index in [9.17, 15) is 5.11 Å². The molecule has 2 bridgehead atoms. The SMILES string of the molecule is CCCC1Oc2c(OSC)ccc3c2C12CCN(CC1CCC1)C(C3)[C@@]2(C)O. The molecule has 2 aliphatic carbocycles. The first-order valence-corrected chi connectivity index (χ1v) is 12.2. The van der Waals surface area contributed by atoms with Crippen LogP contribution in [0.1, 0.15) is 63.5 Å². The summed E-state index contributed by atoms with van der Waals surface area (Å²) in [7, 11) is 0. The molecule has 2 aliphatic heterocycles. The summed E-state index contributed by atoms with van der Waals surface area (Å²) in [5.74, 6) is 2.54. The molecule has 1 N–H and O–H groups in total. The number of ether oxygens (including phenoxy) is 1. The van der Waals surface area contributed by atoms with Crippen LogP contribution in [0.4, 0.5) is 0 Å². The van der Waals surface area contributed by atoms with E-state index in [4.69, 9.17) is 8.92 Å². The second kappa shape index (κ2) is 6.82. The van der Waals surface area contributed by atoms with Crippen molar-refractivity contribution >= 4 is 12.0 Å². The highest BCUT2D eigenvalue weighted by atomic mass is 32.2. The number of piperidine rings is 1. The van der Waals surface area contributed by atoms with Crippen molar-refractivity contribution in [3.63, 3.8) is 0 Å². The number of fused-ring (bicyclic) bond motifs is 1. The third-order valence-corrected chi connectivity index (χ3v) is 8.45. The zero-order valence-electron chi connectivity index (χ0n) is 17.4. The van der Waals surface area contributed by atoms with Gasteiger partial charge in [-0.05, 0) is 63.1 Å². The third-order valence-electron chi connectivity index (χ3n) is 8.10. The van der Waals surface area contributed by atoms with Gasteiger partial charge in [-0.3, -0.25) is 4.90 Å². The molecule has 2 fully saturated rings. The Morgan fingerprint density at radius 2 is 2.18 bits per heavy atom. The molecule has 0 amide bonds. The van der Waals surface area contributed by atoms with Gasteiger partial charge in [0.2, 0.25) is 0 Å². The van der Waals surface area contributed by atoms with Crippen LogP contribution >= 0.6 is 12.0 Å². The molecule has 1 saturated carbocycles. The highest BCUT2D eigenvalue weighted by Crippen LogP contribution is 2.62. The monoisotopic (exact) mass is 403 g/mol. The molecule has 28 heavy (non-hydrogen) atoms. The lowest BCUT2D eigenvalue weighted by Crippen LogP contribution is -2.73. The van der Waals surface area contributed by atoms with Crippen molar-refractivity contribution in [2.75, 3.05) is 19.3 Å². The minimum atomic E-state index is -0.787. The van der Waals surface area contributed by atoms with Gasteiger partial charge in [-0.15, -0.1) is 0 Å². The van der Waals surface area contributed by atoms with Gasteiger partial charge in [0.25, 0.3) is 0 Å². The predicted octanol–water partition coefficient (Wildman–Crippen LogP) is 4.32. The fraction of sp³-hybridized carbons (Fsp3) is 0.739. The first kappa shape index (κ1) is 19.1. The average molecular weight is 404 g/mol. The Balaban J connectivity index is 1.61. The average Bonchev–Trinajstić information content (AvgIpc) is 2.94. The van der Waals surface area contributed by atoms with Crippen molar-refractivity contribution in [1.29, 1.82) is 0 Å². The Hall–Kier alpha value is -0.910. The van der Waals surface area contributed by atoms with Crippen molar-refractivity contribution in [2.45, 2.75) is 82.0 Å². The van der Waals surface area contributed by atoms with E-state index in [1.807, 2.05) is 6.26 Å². The first-order chi connectivity index (χ1) is 13.5. The molecule has 1 aromatic carbocycles. The number of hydrogen-bond acceptors (Lipinski definition) is 5. The minimum Gasteiger partial charge on any atom is -0.485 e. The smallest absolute Gasteiger partial charge is 0.179 e. The molecule has 1 aromatic rings. The van der Waals surface area contributed by atoms with Gasteiger partial charge in [-0.1, -0.05) is 25.8 Å². The van der Waals surface area contributed by atoms with Crippen LogP contribution in [-0.2, 0) is 11.8 Å². The standard InChI is InChI=1S/C23H33NO3S/c1-4-6-19-23-11-12-24(14-15-7-5-8-15)18(22(23,2)25)13-16-9-10-17(27-28-3)21(26-19)20(16)23/h9-10,15,18-19,25H,4-8,11-14H2,1-3H3/t18?,19?,22-,23?/m1/s1. The molecule has 3 unspecified atom stereocenters. The minimum absolute atomic E-state index is 0.0292. The van der Waals surface area contributed by atoms with Gasteiger partial charge < -0.3 is 14.0 Å². The van der Waals surface area contributed by atoms with Gasteiger partial charge in [0.1, 0.15) is 6.10 Å². The van der Waals surface area contributed by atoms with E-state index in [1.54, 1.807) is 0 Å². The third kappa shape index (κ3) is 2.45. The summed E-state index contributed by atoms with van der Waals surface area (Å²) in [5, 5.41) is 12.1. The molecule has 4 nitrogen and oxygen atoms in total. The topological polar surface area (TPSA) is 41.9 Å². The van der Waals surface area contributed by atoms with E-state index in [1.165, 1.54) is 42.4 Å². The molecule has 1 saturated heterocycles. The lowest BCUT2D eigenvalue weighted by molar-refractivity contribution is -0.158. The molecule has 4 aliphatic rings. The summed E-state index contributed by atoms with van der Waals surface area (Å²) in [6.07, 6.45) is 9.96. The van der Waals surface area contributed by atoms with Crippen molar-refractivity contribution in [3.8, 4) is 11.5 Å². The summed E-state index contributed by atoms with van der Waals surface area (Å²) < 4.78 is 12.4. The molecule has 5 heteroatoms. The van der Waals surface area contributed by atoms with Gasteiger partial charge in [0.05, 0.1) is 23.1 Å². The summed E-state index contributed by atoms with van der Waals surface area (Å²) in [5.41, 5.74) is 1.51. The molecule has 5 rings (SSSR count). The maximum Gasteiger partial charge on any atom is 0.179 e. The number of rotatable bonds is 6. The van der Waals surface area contributed by atoms with Crippen LogP contribution in [-0.4, -0.2) is 47.1 Å². The largest absolute Gasteiger partial charge is 0.485 e. The normalized spacial score (nSPS) is 36.6. The van der Waals surface area contributed by atoms with Crippen LogP contribution in [0, 0.1) is 5.92 Å². The number of hydrogen-bond donors (Lipinski definition) is 1. The molecule has 154 valence electrons. The number of benzene rings is 1. The van der Waals surface area contributed by atoms with Gasteiger partial charge in [-0.25, -0.2) is 0 Å². The van der Waals surface area contributed by atoms with Gasteiger partial charge in [0.15, 0.2) is 11.5 Å². The second-order valence-corrected chi connectivity index (χ2v) is 9.95. The summed E-state index contributed by atoms with van der Waals surface area (Å²) in [6, 6.07) is 4.47. The highest BCUT2D eigenvalue weighted by molar-refractivity contribution is 7.94. The van der Waals surface area contributed by atoms with Crippen molar-refractivity contribution in [2.24, 2.45) is 5.92 Å². The number of aliphatic hydroxyl groups is 1. The molecule has 2 heterocycles. The Labute approximate surface area is 173 Å². The van der Waals surface area contributed by atoms with Crippen LogP contribution in [0.5, 0.6) is 11.5 Å². The van der Waals surface area contributed by atoms with Crippen molar-refractivity contribution < 1.29 is 14.0 Å². The summed E-state index contributed by atoms with van der Waals surface area (Å²) in [6.45, 7) is 6.51. The molecular weight excluding hydrogens is 370 g/mol. The van der Waals surface area contributed by atoms with E-state index in [-0.39, 0.29) is 17.6 Å². The lowest BCUT2D eigenvalue weighted by Gasteiger charge is -2.60. The quantitative estimate of drug-likeness (QED) is 0.717. The Kier molecular flexibility index (Phi) is 4.64. The predicted molar refractivity (Wildman–Crippen MR) is 113 cm³/mol. The second-order valence-electron chi connectivity index (χ2n) is 9.45.